The van der Waals surface area contributed by atoms with Gasteiger partial charge in [-0.3, -0.25) is 0 Å². The Bertz CT molecular complexity index is 598. The van der Waals surface area contributed by atoms with Gasteiger partial charge in [0.25, 0.3) is 0 Å². The number of oxazole rings is 1. The fraction of sp³-hybridized carbons (Fsp3) is 0.471. The third-order valence-electron chi connectivity index (χ3n) is 3.59. The molecule has 0 saturated heterocycles. The van der Waals surface area contributed by atoms with Crippen molar-refractivity contribution in [3.8, 4) is 11.5 Å². The Morgan fingerprint density at radius 1 is 1.27 bits per heavy atom. The maximum Gasteiger partial charge on any atom is 0.227 e. The summed E-state index contributed by atoms with van der Waals surface area (Å²) in [7, 11) is 0. The third kappa shape index (κ3) is 5.01. The SMILES string of the molecule is CCCCCC(C)NCc1coc(-c2ccc(Cl)cc2Cl)n1. The van der Waals surface area contributed by atoms with Gasteiger partial charge in [-0.05, 0) is 31.5 Å². The number of halogens is 2. The van der Waals surface area contributed by atoms with Crippen LogP contribution >= 0.6 is 23.2 Å². The van der Waals surface area contributed by atoms with Crippen LogP contribution < -0.4 is 5.32 Å². The molecule has 0 spiro atoms. The molecule has 1 unspecified atom stereocenters. The molecular formula is C17H22Cl2N2O. The summed E-state index contributed by atoms with van der Waals surface area (Å²) in [4.78, 5) is 4.48. The van der Waals surface area contributed by atoms with Gasteiger partial charge < -0.3 is 9.73 Å². The predicted molar refractivity (Wildman–Crippen MR) is 92.4 cm³/mol. The monoisotopic (exact) mass is 340 g/mol. The number of hydrogen-bond donors (Lipinski definition) is 1. The molecule has 0 radical (unpaired) electrons. The van der Waals surface area contributed by atoms with Crippen LogP contribution in [0.5, 0.6) is 0 Å². The summed E-state index contributed by atoms with van der Waals surface area (Å²) in [5.74, 6) is 0.525. The molecule has 22 heavy (non-hydrogen) atoms. The fourth-order valence-electron chi connectivity index (χ4n) is 2.26. The largest absolute Gasteiger partial charge is 0.444 e. The van der Waals surface area contributed by atoms with Crippen LogP contribution in [0, 0.1) is 0 Å². The molecule has 5 heteroatoms. The van der Waals surface area contributed by atoms with Crippen molar-refractivity contribution in [3.05, 3.63) is 40.2 Å². The van der Waals surface area contributed by atoms with E-state index < -0.39 is 0 Å². The first-order valence-corrected chi connectivity index (χ1v) is 8.49. The van der Waals surface area contributed by atoms with E-state index in [1.807, 2.05) is 6.07 Å². The third-order valence-corrected chi connectivity index (χ3v) is 4.13. The number of nitrogens with one attached hydrogen (secondary N) is 1. The van der Waals surface area contributed by atoms with Crippen molar-refractivity contribution in [1.82, 2.24) is 10.3 Å². The summed E-state index contributed by atoms with van der Waals surface area (Å²) in [5, 5.41) is 4.61. The predicted octanol–water partition coefficient (Wildman–Crippen LogP) is 5.71. The molecule has 0 bridgehead atoms. The Balaban J connectivity index is 1.91. The molecular weight excluding hydrogens is 319 g/mol. The van der Waals surface area contributed by atoms with Gasteiger partial charge in [0.05, 0.1) is 16.3 Å². The Kier molecular flexibility index (Phi) is 6.74. The van der Waals surface area contributed by atoms with Crippen molar-refractivity contribution in [2.45, 2.75) is 52.1 Å². The molecule has 120 valence electrons. The lowest BCUT2D eigenvalue weighted by Crippen LogP contribution is -2.25. The Hall–Kier alpha value is -1.03. The highest BCUT2D eigenvalue weighted by molar-refractivity contribution is 6.36. The van der Waals surface area contributed by atoms with Crippen molar-refractivity contribution < 1.29 is 4.42 Å². The van der Waals surface area contributed by atoms with E-state index in [4.69, 9.17) is 27.6 Å². The fourth-order valence-corrected chi connectivity index (χ4v) is 2.75. The second-order valence-electron chi connectivity index (χ2n) is 5.55. The maximum atomic E-state index is 6.17. The second-order valence-corrected chi connectivity index (χ2v) is 6.39. The molecule has 2 rings (SSSR count). The lowest BCUT2D eigenvalue weighted by molar-refractivity contribution is 0.483. The molecule has 1 heterocycles. The number of aromatic nitrogens is 1. The molecule has 2 aromatic rings. The zero-order valence-electron chi connectivity index (χ0n) is 13.0. The average molecular weight is 341 g/mol. The second kappa shape index (κ2) is 8.56. The highest BCUT2D eigenvalue weighted by Crippen LogP contribution is 2.29. The number of unbranched alkanes of at least 4 members (excludes halogenated alkanes) is 2. The van der Waals surface area contributed by atoms with Crippen molar-refractivity contribution in [2.75, 3.05) is 0 Å². The van der Waals surface area contributed by atoms with Gasteiger partial charge in [-0.1, -0.05) is 49.4 Å². The van der Waals surface area contributed by atoms with Gasteiger partial charge in [0.2, 0.25) is 5.89 Å². The summed E-state index contributed by atoms with van der Waals surface area (Å²) in [6.45, 7) is 5.12. The molecule has 0 fully saturated rings. The Morgan fingerprint density at radius 2 is 2.09 bits per heavy atom. The number of nitrogens with zero attached hydrogens (tertiary/aromatic N) is 1. The van der Waals surface area contributed by atoms with Crippen LogP contribution in [0.2, 0.25) is 10.0 Å². The van der Waals surface area contributed by atoms with Crippen molar-refractivity contribution in [1.29, 1.82) is 0 Å². The Morgan fingerprint density at radius 3 is 2.82 bits per heavy atom. The van der Waals surface area contributed by atoms with Crippen LogP contribution in [0.25, 0.3) is 11.5 Å². The van der Waals surface area contributed by atoms with Gasteiger partial charge in [0, 0.05) is 17.6 Å². The molecule has 0 aliphatic carbocycles. The molecule has 1 atom stereocenters. The van der Waals surface area contributed by atoms with E-state index in [-0.39, 0.29) is 0 Å². The molecule has 0 amide bonds. The summed E-state index contributed by atoms with van der Waals surface area (Å²) in [6.07, 6.45) is 6.65. The zero-order chi connectivity index (χ0) is 15.9. The van der Waals surface area contributed by atoms with E-state index in [1.165, 1.54) is 25.7 Å². The van der Waals surface area contributed by atoms with Crippen LogP contribution in [-0.2, 0) is 6.54 Å². The molecule has 0 saturated carbocycles. The number of hydrogen-bond acceptors (Lipinski definition) is 3. The van der Waals surface area contributed by atoms with Crippen molar-refractivity contribution in [3.63, 3.8) is 0 Å². The van der Waals surface area contributed by atoms with E-state index in [0.717, 1.165) is 11.3 Å². The molecule has 1 aromatic heterocycles. The van der Waals surface area contributed by atoms with Gasteiger partial charge in [0.1, 0.15) is 6.26 Å². The molecule has 1 N–H and O–H groups in total. The highest BCUT2D eigenvalue weighted by Gasteiger charge is 2.11. The van der Waals surface area contributed by atoms with Gasteiger partial charge >= 0.3 is 0 Å². The van der Waals surface area contributed by atoms with Crippen LogP contribution in [0.4, 0.5) is 0 Å². The van der Waals surface area contributed by atoms with E-state index in [0.29, 0.717) is 28.5 Å². The van der Waals surface area contributed by atoms with Gasteiger partial charge in [-0.2, -0.15) is 0 Å². The maximum absolute atomic E-state index is 6.17. The summed E-state index contributed by atoms with van der Waals surface area (Å²) in [5.41, 5.74) is 1.64. The molecule has 0 aliphatic rings. The highest BCUT2D eigenvalue weighted by atomic mass is 35.5. The normalized spacial score (nSPS) is 12.5. The van der Waals surface area contributed by atoms with Crippen LogP contribution in [-0.4, -0.2) is 11.0 Å². The van der Waals surface area contributed by atoms with E-state index in [2.05, 4.69) is 24.1 Å². The average Bonchev–Trinajstić information content (AvgIpc) is 2.94. The van der Waals surface area contributed by atoms with Crippen molar-refractivity contribution >= 4 is 23.2 Å². The van der Waals surface area contributed by atoms with Crippen LogP contribution in [0.15, 0.2) is 28.9 Å². The topological polar surface area (TPSA) is 38.1 Å². The molecule has 3 nitrogen and oxygen atoms in total. The minimum Gasteiger partial charge on any atom is -0.444 e. The van der Waals surface area contributed by atoms with E-state index in [1.54, 1.807) is 18.4 Å². The van der Waals surface area contributed by atoms with E-state index in [9.17, 15) is 0 Å². The van der Waals surface area contributed by atoms with Gasteiger partial charge in [-0.25, -0.2) is 4.98 Å². The lowest BCUT2D eigenvalue weighted by Gasteiger charge is -2.11. The van der Waals surface area contributed by atoms with E-state index >= 15 is 0 Å². The molecule has 1 aromatic carbocycles. The first kappa shape index (κ1) is 17.3. The summed E-state index contributed by atoms with van der Waals surface area (Å²) >= 11 is 12.1. The molecule has 0 aliphatic heterocycles. The number of benzene rings is 1. The van der Waals surface area contributed by atoms with Crippen LogP contribution in [0.1, 0.15) is 45.2 Å². The Labute approximate surface area is 142 Å². The quantitative estimate of drug-likeness (QED) is 0.625. The van der Waals surface area contributed by atoms with Crippen molar-refractivity contribution in [2.24, 2.45) is 0 Å². The van der Waals surface area contributed by atoms with Gasteiger partial charge in [-0.15, -0.1) is 0 Å². The standard InChI is InChI=1S/C17H22Cl2N2O/c1-3-4-5-6-12(2)20-10-14-11-22-17(21-14)15-8-7-13(18)9-16(15)19/h7-9,11-12,20H,3-6,10H2,1-2H3. The van der Waals surface area contributed by atoms with Gasteiger partial charge in [0.15, 0.2) is 0 Å². The minimum atomic E-state index is 0.478. The smallest absolute Gasteiger partial charge is 0.227 e. The summed E-state index contributed by atoms with van der Waals surface area (Å²) in [6, 6.07) is 5.77. The number of rotatable bonds is 8. The zero-order valence-corrected chi connectivity index (χ0v) is 14.5. The first-order chi connectivity index (χ1) is 10.6. The minimum absolute atomic E-state index is 0.478. The lowest BCUT2D eigenvalue weighted by atomic mass is 10.1. The first-order valence-electron chi connectivity index (χ1n) is 7.73. The van der Waals surface area contributed by atoms with Crippen LogP contribution in [0.3, 0.4) is 0 Å². The summed E-state index contributed by atoms with van der Waals surface area (Å²) < 4.78 is 5.52.